The summed E-state index contributed by atoms with van der Waals surface area (Å²) in [6.45, 7) is 2.04. The van der Waals surface area contributed by atoms with Gasteiger partial charge in [-0.15, -0.1) is 11.3 Å². The maximum Gasteiger partial charge on any atom is 0.114 e. The molecule has 12 heavy (non-hydrogen) atoms. The van der Waals surface area contributed by atoms with E-state index in [0.717, 1.165) is 0 Å². The van der Waals surface area contributed by atoms with Gasteiger partial charge in [-0.2, -0.15) is 0 Å². The van der Waals surface area contributed by atoms with Crippen molar-refractivity contribution < 1.29 is 5.11 Å². The smallest absolute Gasteiger partial charge is 0.114 e. The second-order valence-electron chi connectivity index (χ2n) is 3.18. The second-order valence-corrected chi connectivity index (χ2v) is 4.16. The number of hydrogen-bond acceptors (Lipinski definition) is 3. The third-order valence-corrected chi connectivity index (χ3v) is 3.04. The third-order valence-electron chi connectivity index (χ3n) is 1.97. The normalized spacial score (nSPS) is 16.4. The lowest BCUT2D eigenvalue weighted by molar-refractivity contribution is 0.0221. The number of rotatable bonds is 3. The Morgan fingerprint density at radius 1 is 1.50 bits per heavy atom. The molecule has 0 aliphatic carbocycles. The van der Waals surface area contributed by atoms with Crippen LogP contribution in [0.2, 0.25) is 0 Å². The van der Waals surface area contributed by atoms with Crippen LogP contribution in [0.1, 0.15) is 17.7 Å². The molecular formula is C9H15NOS. The highest BCUT2D eigenvalue weighted by atomic mass is 32.1. The molecule has 3 heteroatoms. The van der Waals surface area contributed by atoms with Crippen LogP contribution in [0.3, 0.4) is 0 Å². The van der Waals surface area contributed by atoms with Crippen molar-refractivity contribution >= 4 is 11.3 Å². The molecule has 1 aromatic heterocycles. The first-order valence-electron chi connectivity index (χ1n) is 4.01. The van der Waals surface area contributed by atoms with Gasteiger partial charge >= 0.3 is 0 Å². The van der Waals surface area contributed by atoms with Crippen molar-refractivity contribution in [3.8, 4) is 0 Å². The highest BCUT2D eigenvalue weighted by Gasteiger charge is 2.18. The summed E-state index contributed by atoms with van der Waals surface area (Å²) in [6, 6.07) is 4.07. The molecule has 0 fully saturated rings. The first-order chi connectivity index (χ1) is 5.63. The van der Waals surface area contributed by atoms with E-state index in [2.05, 4.69) is 6.07 Å². The largest absolute Gasteiger partial charge is 0.378 e. The fourth-order valence-corrected chi connectivity index (χ4v) is 1.95. The van der Waals surface area contributed by atoms with Gasteiger partial charge in [0.25, 0.3) is 0 Å². The SMILES string of the molecule is CC(c1cccs1)C(O)N(C)C. The first-order valence-corrected chi connectivity index (χ1v) is 4.89. The Bertz CT molecular complexity index is 220. The van der Waals surface area contributed by atoms with Crippen molar-refractivity contribution in [2.24, 2.45) is 0 Å². The predicted octanol–water partition coefficient (Wildman–Crippen LogP) is 1.73. The summed E-state index contributed by atoms with van der Waals surface area (Å²) < 4.78 is 0. The summed E-state index contributed by atoms with van der Waals surface area (Å²) in [6.07, 6.45) is -0.386. The zero-order valence-electron chi connectivity index (χ0n) is 7.69. The van der Waals surface area contributed by atoms with Crippen LogP contribution in [-0.2, 0) is 0 Å². The fourth-order valence-electron chi connectivity index (χ4n) is 1.14. The molecule has 1 aromatic rings. The Balaban J connectivity index is 2.65. The van der Waals surface area contributed by atoms with Crippen molar-refractivity contribution in [1.29, 1.82) is 0 Å². The van der Waals surface area contributed by atoms with Gasteiger partial charge in [-0.05, 0) is 25.5 Å². The highest BCUT2D eigenvalue weighted by molar-refractivity contribution is 7.10. The number of likely N-dealkylation sites (N-methyl/N-ethyl adjacent to an activating group) is 1. The van der Waals surface area contributed by atoms with Crippen LogP contribution in [0.15, 0.2) is 17.5 Å². The van der Waals surface area contributed by atoms with Gasteiger partial charge < -0.3 is 5.11 Å². The van der Waals surface area contributed by atoms with E-state index >= 15 is 0 Å². The van der Waals surface area contributed by atoms with Crippen molar-refractivity contribution in [2.75, 3.05) is 14.1 Å². The maximum atomic E-state index is 9.70. The molecule has 0 amide bonds. The molecule has 0 bridgehead atoms. The number of hydrogen-bond donors (Lipinski definition) is 1. The molecule has 68 valence electrons. The minimum Gasteiger partial charge on any atom is -0.378 e. The Morgan fingerprint density at radius 3 is 2.58 bits per heavy atom. The van der Waals surface area contributed by atoms with Gasteiger partial charge in [-0.1, -0.05) is 13.0 Å². The molecule has 2 unspecified atom stereocenters. The lowest BCUT2D eigenvalue weighted by Gasteiger charge is -2.23. The van der Waals surface area contributed by atoms with Crippen molar-refractivity contribution in [1.82, 2.24) is 4.90 Å². The molecule has 0 spiro atoms. The summed E-state index contributed by atoms with van der Waals surface area (Å²) in [5, 5.41) is 11.7. The van der Waals surface area contributed by atoms with E-state index in [1.165, 1.54) is 4.88 Å². The molecule has 2 nitrogen and oxygen atoms in total. The lowest BCUT2D eigenvalue weighted by atomic mass is 10.1. The van der Waals surface area contributed by atoms with E-state index in [0.29, 0.717) is 0 Å². The van der Waals surface area contributed by atoms with Gasteiger partial charge in [0.05, 0.1) is 0 Å². The van der Waals surface area contributed by atoms with Gasteiger partial charge in [-0.25, -0.2) is 0 Å². The van der Waals surface area contributed by atoms with E-state index < -0.39 is 0 Å². The average molecular weight is 185 g/mol. The molecule has 0 aliphatic rings. The van der Waals surface area contributed by atoms with E-state index in [1.54, 1.807) is 11.3 Å². The zero-order chi connectivity index (χ0) is 9.14. The molecule has 0 saturated heterocycles. The molecule has 0 radical (unpaired) electrons. The van der Waals surface area contributed by atoms with Crippen LogP contribution < -0.4 is 0 Å². The Kier molecular flexibility index (Phi) is 3.26. The van der Waals surface area contributed by atoms with Crippen LogP contribution in [0, 0.1) is 0 Å². The lowest BCUT2D eigenvalue weighted by Crippen LogP contribution is -2.31. The van der Waals surface area contributed by atoms with Crippen LogP contribution in [0.5, 0.6) is 0 Å². The van der Waals surface area contributed by atoms with Crippen LogP contribution in [-0.4, -0.2) is 30.3 Å². The summed E-state index contributed by atoms with van der Waals surface area (Å²) in [4.78, 5) is 3.06. The minimum atomic E-state index is -0.386. The standard InChI is InChI=1S/C9H15NOS/c1-7(9(11)10(2)3)8-5-4-6-12-8/h4-7,9,11H,1-3H3. The molecule has 0 aromatic carbocycles. The van der Waals surface area contributed by atoms with Gasteiger partial charge in [-0.3, -0.25) is 4.90 Å². The number of aliphatic hydroxyl groups excluding tert-OH is 1. The Labute approximate surface area is 77.5 Å². The highest BCUT2D eigenvalue weighted by Crippen LogP contribution is 2.24. The Hall–Kier alpha value is -0.380. The van der Waals surface area contributed by atoms with Crippen LogP contribution in [0.25, 0.3) is 0 Å². The maximum absolute atomic E-state index is 9.70. The fraction of sp³-hybridized carbons (Fsp3) is 0.556. The third kappa shape index (κ3) is 2.06. The summed E-state index contributed by atoms with van der Waals surface area (Å²) in [7, 11) is 3.77. The van der Waals surface area contributed by atoms with Gasteiger partial charge in [0, 0.05) is 10.8 Å². The van der Waals surface area contributed by atoms with Gasteiger partial charge in [0.2, 0.25) is 0 Å². The zero-order valence-corrected chi connectivity index (χ0v) is 8.51. The number of nitrogens with zero attached hydrogens (tertiary/aromatic N) is 1. The second kappa shape index (κ2) is 4.03. The van der Waals surface area contributed by atoms with Crippen molar-refractivity contribution in [2.45, 2.75) is 19.1 Å². The molecule has 0 saturated carbocycles. The molecule has 1 rings (SSSR count). The van der Waals surface area contributed by atoms with Gasteiger partial charge in [0.15, 0.2) is 0 Å². The molecule has 1 heterocycles. The molecule has 0 aliphatic heterocycles. The van der Waals surface area contributed by atoms with E-state index in [1.807, 2.05) is 37.4 Å². The van der Waals surface area contributed by atoms with Crippen molar-refractivity contribution in [3.63, 3.8) is 0 Å². The number of thiophene rings is 1. The van der Waals surface area contributed by atoms with Crippen molar-refractivity contribution in [3.05, 3.63) is 22.4 Å². The molecule has 1 N–H and O–H groups in total. The van der Waals surface area contributed by atoms with E-state index in [4.69, 9.17) is 0 Å². The summed E-state index contributed by atoms with van der Waals surface area (Å²) in [5.74, 6) is 0.194. The monoisotopic (exact) mass is 185 g/mol. The summed E-state index contributed by atoms with van der Waals surface area (Å²) in [5.41, 5.74) is 0. The van der Waals surface area contributed by atoms with Crippen LogP contribution >= 0.6 is 11.3 Å². The van der Waals surface area contributed by atoms with Crippen LogP contribution in [0.4, 0.5) is 0 Å². The minimum absolute atomic E-state index is 0.194. The number of aliphatic hydroxyl groups is 1. The van der Waals surface area contributed by atoms with E-state index in [9.17, 15) is 5.11 Å². The Morgan fingerprint density at radius 2 is 2.17 bits per heavy atom. The quantitative estimate of drug-likeness (QED) is 0.725. The average Bonchev–Trinajstić information content (AvgIpc) is 2.53. The molecular weight excluding hydrogens is 170 g/mol. The molecule has 2 atom stereocenters. The van der Waals surface area contributed by atoms with E-state index in [-0.39, 0.29) is 12.1 Å². The predicted molar refractivity (Wildman–Crippen MR) is 52.4 cm³/mol. The summed E-state index contributed by atoms with van der Waals surface area (Å²) >= 11 is 1.69. The topological polar surface area (TPSA) is 23.5 Å². The first kappa shape index (κ1) is 9.71. The van der Waals surface area contributed by atoms with Gasteiger partial charge in [0.1, 0.15) is 6.23 Å².